The first kappa shape index (κ1) is 16.5. The van der Waals surface area contributed by atoms with Crippen LogP contribution in [0.1, 0.15) is 42.5 Å². The van der Waals surface area contributed by atoms with Crippen molar-refractivity contribution in [1.29, 1.82) is 0 Å². The second kappa shape index (κ2) is 7.29. The Kier molecular flexibility index (Phi) is 6.02. The summed E-state index contributed by atoms with van der Waals surface area (Å²) in [4.78, 5) is 11.3. The van der Waals surface area contributed by atoms with Gasteiger partial charge in [-0.3, -0.25) is 4.79 Å². The minimum absolute atomic E-state index is 0.0852. The van der Waals surface area contributed by atoms with Gasteiger partial charge in [0.2, 0.25) is 0 Å². The predicted molar refractivity (Wildman–Crippen MR) is 79.8 cm³/mol. The molecule has 0 saturated heterocycles. The molecule has 0 radical (unpaired) electrons. The van der Waals surface area contributed by atoms with Gasteiger partial charge in [0.25, 0.3) is 0 Å². The largest absolute Gasteiger partial charge is 0.496 e. The summed E-state index contributed by atoms with van der Waals surface area (Å²) in [5.41, 5.74) is 9.49. The second-order valence-electron chi connectivity index (χ2n) is 5.42. The van der Waals surface area contributed by atoms with Crippen LogP contribution >= 0.6 is 0 Å². The van der Waals surface area contributed by atoms with Crippen LogP contribution in [0.2, 0.25) is 0 Å². The smallest absolute Gasteiger partial charge is 0.305 e. The van der Waals surface area contributed by atoms with E-state index in [4.69, 9.17) is 10.5 Å². The summed E-state index contributed by atoms with van der Waals surface area (Å²) in [6.07, 6.45) is 1.15. The van der Waals surface area contributed by atoms with Crippen LogP contribution in [-0.4, -0.2) is 20.2 Å². The lowest BCUT2D eigenvalue weighted by molar-refractivity contribution is -0.141. The number of benzene rings is 1. The first-order valence-electron chi connectivity index (χ1n) is 6.86. The predicted octanol–water partition coefficient (Wildman–Crippen LogP) is 2.90. The number of carbonyl (C=O) groups is 1. The molecule has 0 heterocycles. The van der Waals surface area contributed by atoms with Crippen molar-refractivity contribution in [3.05, 3.63) is 28.8 Å². The lowest BCUT2D eigenvalue weighted by atomic mass is 9.92. The first-order chi connectivity index (χ1) is 9.38. The quantitative estimate of drug-likeness (QED) is 0.813. The minimum Gasteiger partial charge on any atom is -0.496 e. The lowest BCUT2D eigenvalue weighted by Crippen LogP contribution is -2.17. The summed E-state index contributed by atoms with van der Waals surface area (Å²) < 4.78 is 10.0. The van der Waals surface area contributed by atoms with Gasteiger partial charge in [-0.2, -0.15) is 0 Å². The van der Waals surface area contributed by atoms with Crippen molar-refractivity contribution < 1.29 is 14.3 Å². The van der Waals surface area contributed by atoms with E-state index in [1.54, 1.807) is 7.11 Å². The molecule has 0 saturated carbocycles. The van der Waals surface area contributed by atoms with Gasteiger partial charge in [0.1, 0.15) is 5.75 Å². The molecule has 4 nitrogen and oxygen atoms in total. The number of hydrogen-bond acceptors (Lipinski definition) is 4. The van der Waals surface area contributed by atoms with Crippen LogP contribution in [0.25, 0.3) is 0 Å². The van der Waals surface area contributed by atoms with E-state index in [2.05, 4.69) is 16.9 Å². The first-order valence-corrected chi connectivity index (χ1v) is 6.86. The molecule has 0 aliphatic carbocycles. The van der Waals surface area contributed by atoms with E-state index >= 15 is 0 Å². The number of ether oxygens (including phenoxy) is 2. The number of carbonyl (C=O) groups excluding carboxylic acids is 1. The number of rotatable bonds is 6. The van der Waals surface area contributed by atoms with Crippen LogP contribution in [0.15, 0.2) is 12.1 Å². The van der Waals surface area contributed by atoms with Crippen LogP contribution in [0, 0.1) is 19.8 Å². The Bertz CT molecular complexity index is 448. The van der Waals surface area contributed by atoms with E-state index in [1.807, 2.05) is 20.8 Å². The maximum absolute atomic E-state index is 11.3. The third-order valence-electron chi connectivity index (χ3n) is 3.51. The maximum Gasteiger partial charge on any atom is 0.305 e. The Balaban J connectivity index is 2.77. The summed E-state index contributed by atoms with van der Waals surface area (Å²) in [6, 6.07) is 4.03. The van der Waals surface area contributed by atoms with E-state index in [0.29, 0.717) is 6.42 Å². The van der Waals surface area contributed by atoms with Gasteiger partial charge in [0.05, 0.1) is 14.2 Å². The van der Waals surface area contributed by atoms with Gasteiger partial charge in [0.15, 0.2) is 0 Å². The lowest BCUT2D eigenvalue weighted by Gasteiger charge is -2.19. The second-order valence-corrected chi connectivity index (χ2v) is 5.42. The van der Waals surface area contributed by atoms with Crippen LogP contribution in [0.3, 0.4) is 0 Å². The molecule has 2 N–H and O–H groups in total. The molecule has 2 atom stereocenters. The summed E-state index contributed by atoms with van der Waals surface area (Å²) in [7, 11) is 3.08. The number of hydrogen-bond donors (Lipinski definition) is 1. The molecular weight excluding hydrogens is 254 g/mol. The fraction of sp³-hybridized carbons (Fsp3) is 0.562. The van der Waals surface area contributed by atoms with Crippen molar-refractivity contribution in [1.82, 2.24) is 0 Å². The Morgan fingerprint density at radius 1 is 1.25 bits per heavy atom. The summed E-state index contributed by atoms with van der Waals surface area (Å²) in [5, 5.41) is 0. The molecule has 112 valence electrons. The molecule has 0 aliphatic rings. The van der Waals surface area contributed by atoms with Crippen LogP contribution < -0.4 is 10.5 Å². The molecule has 0 aromatic heterocycles. The highest BCUT2D eigenvalue weighted by molar-refractivity contribution is 5.69. The van der Waals surface area contributed by atoms with E-state index in [9.17, 15) is 4.79 Å². The Hall–Kier alpha value is -1.55. The van der Waals surface area contributed by atoms with Crippen LogP contribution in [0.5, 0.6) is 5.75 Å². The van der Waals surface area contributed by atoms with E-state index < -0.39 is 0 Å². The highest BCUT2D eigenvalue weighted by atomic mass is 16.5. The number of methoxy groups -OCH3 is 2. The maximum atomic E-state index is 11.3. The molecule has 0 spiro atoms. The van der Waals surface area contributed by atoms with Gasteiger partial charge in [-0.1, -0.05) is 19.1 Å². The van der Waals surface area contributed by atoms with Gasteiger partial charge in [0, 0.05) is 12.5 Å². The highest BCUT2D eigenvalue weighted by Gasteiger charge is 2.16. The number of esters is 1. The van der Waals surface area contributed by atoms with Gasteiger partial charge in [-0.05, 0) is 42.9 Å². The molecule has 1 aromatic carbocycles. The normalized spacial score (nSPS) is 13.7. The third kappa shape index (κ3) is 4.23. The standard InChI is InChI=1S/C16H25NO3/c1-10(7-15(18)19-4)6-14(17)13-8-11(2)16(20-5)12(3)9-13/h8-10,14H,6-7,17H2,1-5H3. The zero-order chi connectivity index (χ0) is 15.3. The fourth-order valence-electron chi connectivity index (χ4n) is 2.54. The van der Waals surface area contributed by atoms with Crippen molar-refractivity contribution in [3.63, 3.8) is 0 Å². The molecular formula is C16H25NO3. The summed E-state index contributed by atoms with van der Waals surface area (Å²) in [6.45, 7) is 6.04. The Morgan fingerprint density at radius 3 is 2.25 bits per heavy atom. The zero-order valence-corrected chi connectivity index (χ0v) is 13.0. The van der Waals surface area contributed by atoms with Gasteiger partial charge >= 0.3 is 5.97 Å². The minimum atomic E-state index is -0.188. The summed E-state index contributed by atoms with van der Waals surface area (Å²) in [5.74, 6) is 0.913. The van der Waals surface area contributed by atoms with E-state index in [0.717, 1.165) is 28.9 Å². The van der Waals surface area contributed by atoms with E-state index in [-0.39, 0.29) is 17.9 Å². The van der Waals surface area contributed by atoms with Crippen molar-refractivity contribution in [3.8, 4) is 5.75 Å². The van der Waals surface area contributed by atoms with Crippen molar-refractivity contribution >= 4 is 5.97 Å². The molecule has 1 aromatic rings. The molecule has 0 aliphatic heterocycles. The number of nitrogens with two attached hydrogens (primary N) is 1. The van der Waals surface area contributed by atoms with Crippen LogP contribution in [-0.2, 0) is 9.53 Å². The molecule has 0 amide bonds. The molecule has 1 rings (SSSR count). The molecule has 0 fully saturated rings. The van der Waals surface area contributed by atoms with Crippen molar-refractivity contribution in [2.75, 3.05) is 14.2 Å². The van der Waals surface area contributed by atoms with Gasteiger partial charge in [-0.25, -0.2) is 0 Å². The van der Waals surface area contributed by atoms with E-state index in [1.165, 1.54) is 7.11 Å². The molecule has 0 bridgehead atoms. The van der Waals surface area contributed by atoms with Gasteiger partial charge in [-0.15, -0.1) is 0 Å². The monoisotopic (exact) mass is 279 g/mol. The average Bonchev–Trinajstić information content (AvgIpc) is 2.37. The van der Waals surface area contributed by atoms with Crippen LogP contribution in [0.4, 0.5) is 0 Å². The number of aryl methyl sites for hydroxylation is 2. The van der Waals surface area contributed by atoms with Gasteiger partial charge < -0.3 is 15.2 Å². The topological polar surface area (TPSA) is 61.5 Å². The molecule has 2 unspecified atom stereocenters. The SMILES string of the molecule is COC(=O)CC(C)CC(N)c1cc(C)c(OC)c(C)c1. The fourth-order valence-corrected chi connectivity index (χ4v) is 2.54. The summed E-state index contributed by atoms with van der Waals surface area (Å²) >= 11 is 0. The Morgan fingerprint density at radius 2 is 1.80 bits per heavy atom. The Labute approximate surface area is 121 Å². The molecule has 4 heteroatoms. The average molecular weight is 279 g/mol. The highest BCUT2D eigenvalue weighted by Crippen LogP contribution is 2.29. The van der Waals surface area contributed by atoms with Crippen molar-refractivity contribution in [2.45, 2.75) is 39.7 Å². The van der Waals surface area contributed by atoms with Crippen molar-refractivity contribution in [2.24, 2.45) is 11.7 Å². The molecule has 20 heavy (non-hydrogen) atoms. The third-order valence-corrected chi connectivity index (χ3v) is 3.51. The zero-order valence-electron chi connectivity index (χ0n) is 13.0.